The number of benzene rings is 2. The predicted molar refractivity (Wildman–Crippen MR) is 92.8 cm³/mol. The van der Waals surface area contributed by atoms with Gasteiger partial charge in [0.25, 0.3) is 5.91 Å². The molecule has 2 aromatic rings. The lowest BCUT2D eigenvalue weighted by molar-refractivity contribution is -0.137. The number of carbonyl (C=O) groups is 1. The molecule has 0 aliphatic heterocycles. The highest BCUT2D eigenvalue weighted by molar-refractivity contribution is 14.1. The van der Waals surface area contributed by atoms with Crippen molar-refractivity contribution in [1.29, 1.82) is 0 Å². The van der Waals surface area contributed by atoms with Gasteiger partial charge >= 0.3 is 6.18 Å². The Hall–Kier alpha value is -1.29. The fourth-order valence-electron chi connectivity index (χ4n) is 1.91. The molecule has 0 aromatic heterocycles. The highest BCUT2D eigenvalue weighted by atomic mass is 127. The van der Waals surface area contributed by atoms with Crippen molar-refractivity contribution in [3.05, 3.63) is 55.6 Å². The highest BCUT2D eigenvalue weighted by Crippen LogP contribution is 2.36. The molecule has 0 atom stereocenters. The Labute approximate surface area is 152 Å². The number of hydrogen-bond acceptors (Lipinski definition) is 2. The van der Waals surface area contributed by atoms with Crippen LogP contribution in [0.25, 0.3) is 0 Å². The zero-order valence-electron chi connectivity index (χ0n) is 11.7. The molecule has 1 amide bonds. The monoisotopic (exact) mass is 499 g/mol. The molecular formula is C15H10BrF3INO2. The Balaban J connectivity index is 2.40. The third-order valence-electron chi connectivity index (χ3n) is 2.94. The summed E-state index contributed by atoms with van der Waals surface area (Å²) in [7, 11) is 1.38. The SMILES string of the molecule is COc1ccc(Br)cc1C(=O)Nc1ccc(I)cc1C(F)(F)F. The molecule has 0 aliphatic carbocycles. The van der Waals surface area contributed by atoms with Gasteiger partial charge in [-0.1, -0.05) is 15.9 Å². The number of amides is 1. The Morgan fingerprint density at radius 3 is 2.52 bits per heavy atom. The molecule has 23 heavy (non-hydrogen) atoms. The van der Waals surface area contributed by atoms with Crippen LogP contribution in [-0.4, -0.2) is 13.0 Å². The van der Waals surface area contributed by atoms with Crippen molar-refractivity contribution >= 4 is 50.1 Å². The van der Waals surface area contributed by atoms with Crippen molar-refractivity contribution in [2.75, 3.05) is 12.4 Å². The number of hydrogen-bond donors (Lipinski definition) is 1. The topological polar surface area (TPSA) is 38.3 Å². The van der Waals surface area contributed by atoms with E-state index in [2.05, 4.69) is 21.2 Å². The molecule has 1 N–H and O–H groups in total. The van der Waals surface area contributed by atoms with Crippen LogP contribution in [0.1, 0.15) is 15.9 Å². The first-order chi connectivity index (χ1) is 10.7. The molecule has 0 unspecified atom stereocenters. The number of carbonyl (C=O) groups excluding carboxylic acids is 1. The van der Waals surface area contributed by atoms with Gasteiger partial charge in [-0.3, -0.25) is 4.79 Å². The molecule has 0 bridgehead atoms. The molecule has 0 saturated carbocycles. The number of ether oxygens (including phenoxy) is 1. The zero-order valence-corrected chi connectivity index (χ0v) is 15.4. The summed E-state index contributed by atoms with van der Waals surface area (Å²) in [6.45, 7) is 0. The van der Waals surface area contributed by atoms with E-state index in [1.165, 1.54) is 25.3 Å². The number of anilines is 1. The largest absolute Gasteiger partial charge is 0.496 e. The van der Waals surface area contributed by atoms with Crippen LogP contribution in [0.4, 0.5) is 18.9 Å². The van der Waals surface area contributed by atoms with E-state index in [0.29, 0.717) is 8.04 Å². The number of halogens is 5. The summed E-state index contributed by atoms with van der Waals surface area (Å²) >= 11 is 5.00. The van der Waals surface area contributed by atoms with Crippen molar-refractivity contribution in [3.63, 3.8) is 0 Å². The van der Waals surface area contributed by atoms with Gasteiger partial charge in [0.1, 0.15) is 5.75 Å². The van der Waals surface area contributed by atoms with E-state index < -0.39 is 17.6 Å². The van der Waals surface area contributed by atoms with Crippen LogP contribution < -0.4 is 10.1 Å². The minimum atomic E-state index is -4.56. The van der Waals surface area contributed by atoms with Gasteiger partial charge in [-0.15, -0.1) is 0 Å². The number of nitrogens with one attached hydrogen (secondary N) is 1. The van der Waals surface area contributed by atoms with E-state index >= 15 is 0 Å². The van der Waals surface area contributed by atoms with Gasteiger partial charge in [-0.2, -0.15) is 13.2 Å². The molecule has 0 spiro atoms. The lowest BCUT2D eigenvalue weighted by atomic mass is 10.1. The molecule has 8 heteroatoms. The van der Waals surface area contributed by atoms with Crippen LogP contribution in [-0.2, 0) is 6.18 Å². The summed E-state index contributed by atoms with van der Waals surface area (Å²) in [5.74, 6) is -0.417. The molecule has 0 saturated heterocycles. The molecular weight excluding hydrogens is 490 g/mol. The molecule has 0 heterocycles. The minimum absolute atomic E-state index is 0.133. The second-order valence-electron chi connectivity index (χ2n) is 4.49. The molecule has 2 rings (SSSR count). The first kappa shape index (κ1) is 18.1. The summed E-state index contributed by atoms with van der Waals surface area (Å²) in [5, 5.41) is 2.30. The van der Waals surface area contributed by atoms with Gasteiger partial charge in [-0.25, -0.2) is 0 Å². The van der Waals surface area contributed by atoms with Crippen LogP contribution in [0, 0.1) is 3.57 Å². The lowest BCUT2D eigenvalue weighted by Gasteiger charge is -2.15. The van der Waals surface area contributed by atoms with Crippen molar-refractivity contribution in [1.82, 2.24) is 0 Å². The maximum absolute atomic E-state index is 13.1. The first-order valence-corrected chi connectivity index (χ1v) is 8.11. The van der Waals surface area contributed by atoms with Crippen LogP contribution in [0.15, 0.2) is 40.9 Å². The smallest absolute Gasteiger partial charge is 0.418 e. The molecule has 0 fully saturated rings. The predicted octanol–water partition coefficient (Wildman–Crippen LogP) is 5.33. The van der Waals surface area contributed by atoms with E-state index in [-0.39, 0.29) is 17.0 Å². The van der Waals surface area contributed by atoms with E-state index in [4.69, 9.17) is 4.74 Å². The van der Waals surface area contributed by atoms with Crippen molar-refractivity contribution in [3.8, 4) is 5.75 Å². The Kier molecular flexibility index (Phi) is 5.56. The van der Waals surface area contributed by atoms with E-state index in [1.807, 2.05) is 0 Å². The van der Waals surface area contributed by atoms with Gasteiger partial charge in [0, 0.05) is 8.04 Å². The fraction of sp³-hybridized carbons (Fsp3) is 0.133. The molecule has 0 radical (unpaired) electrons. The maximum Gasteiger partial charge on any atom is 0.418 e. The average Bonchev–Trinajstić information content (AvgIpc) is 2.48. The van der Waals surface area contributed by atoms with E-state index in [9.17, 15) is 18.0 Å². The highest BCUT2D eigenvalue weighted by Gasteiger charge is 2.34. The minimum Gasteiger partial charge on any atom is -0.496 e. The Morgan fingerprint density at radius 1 is 1.22 bits per heavy atom. The van der Waals surface area contributed by atoms with Crippen LogP contribution >= 0.6 is 38.5 Å². The first-order valence-electron chi connectivity index (χ1n) is 6.24. The van der Waals surface area contributed by atoms with E-state index in [0.717, 1.165) is 6.07 Å². The number of rotatable bonds is 3. The Morgan fingerprint density at radius 2 is 1.91 bits per heavy atom. The zero-order chi connectivity index (χ0) is 17.2. The summed E-state index contributed by atoms with van der Waals surface area (Å²) < 4.78 is 45.4. The quantitative estimate of drug-likeness (QED) is 0.579. The lowest BCUT2D eigenvalue weighted by Crippen LogP contribution is -2.17. The normalized spacial score (nSPS) is 11.2. The molecule has 3 nitrogen and oxygen atoms in total. The number of methoxy groups -OCH3 is 1. The standard InChI is InChI=1S/C15H10BrF3INO2/c1-23-13-5-2-8(16)6-10(13)14(22)21-12-4-3-9(20)7-11(12)15(17,18)19/h2-7H,1H3,(H,21,22). The van der Waals surface area contributed by atoms with Crippen molar-refractivity contribution < 1.29 is 22.7 Å². The molecule has 2 aromatic carbocycles. The van der Waals surface area contributed by atoms with Gasteiger partial charge < -0.3 is 10.1 Å². The van der Waals surface area contributed by atoms with Gasteiger partial charge in [0.2, 0.25) is 0 Å². The van der Waals surface area contributed by atoms with Crippen molar-refractivity contribution in [2.24, 2.45) is 0 Å². The van der Waals surface area contributed by atoms with Crippen LogP contribution in [0.3, 0.4) is 0 Å². The van der Waals surface area contributed by atoms with Crippen LogP contribution in [0.2, 0.25) is 0 Å². The van der Waals surface area contributed by atoms with Crippen LogP contribution in [0.5, 0.6) is 5.75 Å². The molecule has 122 valence electrons. The summed E-state index contributed by atoms with van der Waals surface area (Å²) in [4.78, 5) is 12.3. The third-order valence-corrected chi connectivity index (χ3v) is 4.11. The average molecular weight is 500 g/mol. The fourth-order valence-corrected chi connectivity index (χ4v) is 2.76. The van der Waals surface area contributed by atoms with Gasteiger partial charge in [0.15, 0.2) is 0 Å². The van der Waals surface area contributed by atoms with Gasteiger partial charge in [-0.05, 0) is 59.0 Å². The molecule has 0 aliphatic rings. The summed E-state index contributed by atoms with van der Waals surface area (Å²) in [6, 6.07) is 8.40. The second-order valence-corrected chi connectivity index (χ2v) is 6.65. The van der Waals surface area contributed by atoms with Gasteiger partial charge in [0.05, 0.1) is 23.9 Å². The summed E-state index contributed by atoms with van der Waals surface area (Å²) in [5.41, 5.74) is -1.06. The second kappa shape index (κ2) is 7.08. The summed E-state index contributed by atoms with van der Waals surface area (Å²) in [6.07, 6.45) is -4.56. The number of alkyl halides is 3. The maximum atomic E-state index is 13.1. The Bertz CT molecular complexity index is 750. The van der Waals surface area contributed by atoms with Crippen molar-refractivity contribution in [2.45, 2.75) is 6.18 Å². The third kappa shape index (κ3) is 4.37. The van der Waals surface area contributed by atoms with E-state index in [1.54, 1.807) is 34.7 Å².